The molecule has 0 unspecified atom stereocenters. The van der Waals surface area contributed by atoms with Gasteiger partial charge in [0.2, 0.25) is 0 Å². The van der Waals surface area contributed by atoms with Crippen molar-refractivity contribution in [2.45, 2.75) is 32.1 Å². The van der Waals surface area contributed by atoms with E-state index in [9.17, 15) is 43.9 Å². The molecule has 2 rings (SSSR count). The van der Waals surface area contributed by atoms with Gasteiger partial charge in [0, 0.05) is 0 Å². The predicted octanol–water partition coefficient (Wildman–Crippen LogP) is 7.07. The maximum Gasteiger partial charge on any atom is 0.422 e. The molecule has 0 atom stereocenters. The first-order valence-electron chi connectivity index (χ1n) is 7.32. The molecule has 0 saturated carbocycles. The topological polar surface area (TPSA) is 0 Å². The van der Waals surface area contributed by atoms with E-state index in [0.717, 1.165) is 12.1 Å². The highest BCUT2D eigenvalue weighted by atomic mass is 19.4. The van der Waals surface area contributed by atoms with Crippen LogP contribution in [-0.2, 0) is 12.4 Å². The molecule has 10 heteroatoms. The molecule has 148 valence electrons. The Kier molecular flexibility index (Phi) is 5.24. The molecule has 2 aromatic carbocycles. The molecule has 0 aromatic heterocycles. The highest BCUT2D eigenvalue weighted by Crippen LogP contribution is 2.42. The fraction of sp³-hybridized carbons (Fsp3) is 0.294. The number of hydrogen-bond donors (Lipinski definition) is 0. The van der Waals surface area contributed by atoms with Crippen molar-refractivity contribution >= 4 is 0 Å². The maximum atomic E-state index is 14.0. The van der Waals surface area contributed by atoms with E-state index in [2.05, 4.69) is 0 Å². The van der Waals surface area contributed by atoms with Crippen molar-refractivity contribution < 1.29 is 43.9 Å². The van der Waals surface area contributed by atoms with Crippen LogP contribution < -0.4 is 0 Å². The lowest BCUT2D eigenvalue weighted by molar-refractivity contribution is -0.143. The summed E-state index contributed by atoms with van der Waals surface area (Å²) in [6.45, 7) is 2.81. The molecule has 0 amide bonds. The van der Waals surface area contributed by atoms with Crippen molar-refractivity contribution in [1.82, 2.24) is 0 Å². The molecule has 0 nitrogen and oxygen atoms in total. The summed E-state index contributed by atoms with van der Waals surface area (Å²) in [5, 5.41) is 0. The molecule has 0 aliphatic rings. The molecule has 0 radical (unpaired) electrons. The van der Waals surface area contributed by atoms with Crippen molar-refractivity contribution in [3.8, 4) is 11.1 Å². The van der Waals surface area contributed by atoms with Gasteiger partial charge in [-0.1, -0.05) is 26.0 Å². The van der Waals surface area contributed by atoms with E-state index in [1.807, 2.05) is 0 Å². The number of alkyl halides is 6. The summed E-state index contributed by atoms with van der Waals surface area (Å²) in [4.78, 5) is 0. The number of benzene rings is 2. The average Bonchev–Trinajstić information content (AvgIpc) is 2.51. The molecule has 2 aromatic rings. The molecule has 0 aliphatic carbocycles. The predicted molar refractivity (Wildman–Crippen MR) is 75.8 cm³/mol. The van der Waals surface area contributed by atoms with Crippen LogP contribution in [0.1, 0.15) is 36.5 Å². The van der Waals surface area contributed by atoms with Gasteiger partial charge in [-0.2, -0.15) is 26.3 Å². The van der Waals surface area contributed by atoms with Crippen LogP contribution in [-0.4, -0.2) is 0 Å². The standard InChI is InChI=1S/C17H10F10/c1-6(2)8-4-3-7(5-9(8)16(22,23)24)10-12(18)14(20)11(17(25,26)27)15(21)13(10)19/h3-6H,1-2H3. The molecule has 0 bridgehead atoms. The zero-order valence-electron chi connectivity index (χ0n) is 13.6. The van der Waals surface area contributed by atoms with Crippen LogP contribution in [0.4, 0.5) is 43.9 Å². The smallest absolute Gasteiger partial charge is 0.203 e. The van der Waals surface area contributed by atoms with E-state index in [1.54, 1.807) is 0 Å². The van der Waals surface area contributed by atoms with Crippen LogP contribution >= 0.6 is 0 Å². The highest BCUT2D eigenvalue weighted by molar-refractivity contribution is 5.68. The summed E-state index contributed by atoms with van der Waals surface area (Å²) >= 11 is 0. The molecule has 0 spiro atoms. The van der Waals surface area contributed by atoms with Gasteiger partial charge in [-0.15, -0.1) is 0 Å². The minimum Gasteiger partial charge on any atom is -0.203 e. The normalized spacial score (nSPS) is 12.8. The van der Waals surface area contributed by atoms with E-state index < -0.39 is 63.8 Å². The van der Waals surface area contributed by atoms with Crippen molar-refractivity contribution in [2.75, 3.05) is 0 Å². The van der Waals surface area contributed by atoms with E-state index >= 15 is 0 Å². The summed E-state index contributed by atoms with van der Waals surface area (Å²) in [5.74, 6) is -11.0. The van der Waals surface area contributed by atoms with Gasteiger partial charge in [-0.3, -0.25) is 0 Å². The highest BCUT2D eigenvalue weighted by Gasteiger charge is 2.43. The van der Waals surface area contributed by atoms with Gasteiger partial charge in [-0.05, 0) is 23.1 Å². The molecule has 0 heterocycles. The monoisotopic (exact) mass is 404 g/mol. The van der Waals surface area contributed by atoms with Crippen molar-refractivity contribution in [2.24, 2.45) is 0 Å². The van der Waals surface area contributed by atoms with Gasteiger partial charge in [-0.25, -0.2) is 17.6 Å². The summed E-state index contributed by atoms with van der Waals surface area (Å²) in [6.07, 6.45) is -10.7. The van der Waals surface area contributed by atoms with Gasteiger partial charge in [0.15, 0.2) is 23.3 Å². The third-order valence-electron chi connectivity index (χ3n) is 3.82. The number of rotatable bonds is 2. The van der Waals surface area contributed by atoms with Crippen molar-refractivity contribution in [3.63, 3.8) is 0 Å². The third-order valence-corrected chi connectivity index (χ3v) is 3.82. The Balaban J connectivity index is 2.84. The molecule has 0 N–H and O–H groups in total. The van der Waals surface area contributed by atoms with Crippen LogP contribution in [0.25, 0.3) is 11.1 Å². The second-order valence-corrected chi connectivity index (χ2v) is 5.96. The molecular weight excluding hydrogens is 394 g/mol. The lowest BCUT2D eigenvalue weighted by atomic mass is 9.92. The first-order chi connectivity index (χ1) is 12.2. The Hall–Kier alpha value is -2.26. The van der Waals surface area contributed by atoms with Crippen LogP contribution in [0, 0.1) is 23.3 Å². The summed E-state index contributed by atoms with van der Waals surface area (Å²) < 4.78 is 133. The Bertz CT molecular complexity index is 846. The van der Waals surface area contributed by atoms with E-state index in [0.29, 0.717) is 0 Å². The summed E-state index contributed by atoms with van der Waals surface area (Å²) in [6, 6.07) is 1.83. The Labute approximate surface area is 146 Å². The molecular formula is C17H10F10. The third kappa shape index (κ3) is 3.74. The van der Waals surface area contributed by atoms with Gasteiger partial charge < -0.3 is 0 Å². The van der Waals surface area contributed by atoms with Gasteiger partial charge in [0.1, 0.15) is 5.56 Å². The minimum atomic E-state index is -5.74. The van der Waals surface area contributed by atoms with Crippen LogP contribution in [0.2, 0.25) is 0 Å². The molecule has 0 aliphatic heterocycles. The van der Waals surface area contributed by atoms with E-state index in [4.69, 9.17) is 0 Å². The molecule has 27 heavy (non-hydrogen) atoms. The van der Waals surface area contributed by atoms with E-state index in [1.165, 1.54) is 13.8 Å². The quantitative estimate of drug-likeness (QED) is 0.371. The Morgan fingerprint density at radius 2 is 1.19 bits per heavy atom. The van der Waals surface area contributed by atoms with Gasteiger partial charge >= 0.3 is 12.4 Å². The number of halogens is 10. The zero-order chi connectivity index (χ0) is 20.9. The average molecular weight is 404 g/mol. The van der Waals surface area contributed by atoms with Crippen LogP contribution in [0.15, 0.2) is 18.2 Å². The lowest BCUT2D eigenvalue weighted by Crippen LogP contribution is -2.16. The van der Waals surface area contributed by atoms with Crippen LogP contribution in [0.5, 0.6) is 0 Å². The SMILES string of the molecule is CC(C)c1ccc(-c2c(F)c(F)c(C(F)(F)F)c(F)c2F)cc1C(F)(F)F. The van der Waals surface area contributed by atoms with Crippen LogP contribution in [0.3, 0.4) is 0 Å². The van der Waals surface area contributed by atoms with Gasteiger partial charge in [0.25, 0.3) is 0 Å². The number of hydrogen-bond acceptors (Lipinski definition) is 0. The first kappa shape index (κ1) is 21.0. The Morgan fingerprint density at radius 3 is 1.56 bits per heavy atom. The van der Waals surface area contributed by atoms with E-state index in [-0.39, 0.29) is 11.6 Å². The fourth-order valence-corrected chi connectivity index (χ4v) is 2.59. The largest absolute Gasteiger partial charge is 0.422 e. The molecule has 0 saturated heterocycles. The maximum absolute atomic E-state index is 14.0. The minimum absolute atomic E-state index is 0.239. The first-order valence-corrected chi connectivity index (χ1v) is 7.32. The van der Waals surface area contributed by atoms with Crippen molar-refractivity contribution in [1.29, 1.82) is 0 Å². The second-order valence-electron chi connectivity index (χ2n) is 5.96. The Morgan fingerprint density at radius 1 is 0.704 bits per heavy atom. The fourth-order valence-electron chi connectivity index (χ4n) is 2.59. The molecule has 0 fully saturated rings. The summed E-state index contributed by atoms with van der Waals surface area (Å²) in [5.41, 5.74) is -6.99. The zero-order valence-corrected chi connectivity index (χ0v) is 13.6. The van der Waals surface area contributed by atoms with Crippen molar-refractivity contribution in [3.05, 3.63) is 58.2 Å². The van der Waals surface area contributed by atoms with Gasteiger partial charge in [0.05, 0.1) is 11.1 Å². The summed E-state index contributed by atoms with van der Waals surface area (Å²) in [7, 11) is 0. The second kappa shape index (κ2) is 6.72. The lowest BCUT2D eigenvalue weighted by Gasteiger charge is -2.18.